The normalized spacial score (nSPS) is 15.6. The van der Waals surface area contributed by atoms with Gasteiger partial charge in [0.15, 0.2) is 5.70 Å². The van der Waals surface area contributed by atoms with Crippen LogP contribution in [0.3, 0.4) is 0 Å². The molecule has 0 fully saturated rings. The smallest absolute Gasteiger partial charge is 0.363 e. The van der Waals surface area contributed by atoms with Gasteiger partial charge in [-0.15, -0.1) is 0 Å². The predicted molar refractivity (Wildman–Crippen MR) is 80.0 cm³/mol. The van der Waals surface area contributed by atoms with Crippen molar-refractivity contribution in [3.8, 4) is 5.75 Å². The van der Waals surface area contributed by atoms with Gasteiger partial charge < -0.3 is 9.47 Å². The van der Waals surface area contributed by atoms with E-state index in [2.05, 4.69) is 4.99 Å². The van der Waals surface area contributed by atoms with Crippen LogP contribution in [0.25, 0.3) is 6.08 Å². The third-order valence-corrected chi connectivity index (χ3v) is 3.16. The lowest BCUT2D eigenvalue weighted by Gasteiger charge is -2.05. The number of halogens is 1. The standard InChI is InChI=1S/C17H12FNO3/c1-21-15-9-5-3-7-12(15)16-19-14(17(20)22-16)10-11-6-2-4-8-13(11)18/h2-10H,1H3/b14-10-. The van der Waals surface area contributed by atoms with Gasteiger partial charge in [0.1, 0.15) is 11.6 Å². The van der Waals surface area contributed by atoms with Crippen molar-refractivity contribution in [1.82, 2.24) is 0 Å². The molecule has 1 heterocycles. The average Bonchev–Trinajstić information content (AvgIpc) is 2.90. The van der Waals surface area contributed by atoms with Gasteiger partial charge in [-0.1, -0.05) is 30.3 Å². The highest BCUT2D eigenvalue weighted by Gasteiger charge is 2.26. The van der Waals surface area contributed by atoms with Gasteiger partial charge in [0.25, 0.3) is 0 Å². The number of nitrogens with zero attached hydrogens (tertiary/aromatic N) is 1. The summed E-state index contributed by atoms with van der Waals surface area (Å²) < 4.78 is 24.0. The quantitative estimate of drug-likeness (QED) is 0.646. The number of carbonyl (C=O) groups excluding carboxylic acids is 1. The maximum atomic E-state index is 13.6. The lowest BCUT2D eigenvalue weighted by molar-refractivity contribution is -0.129. The number of carbonyl (C=O) groups is 1. The number of benzene rings is 2. The number of aliphatic imine (C=N–C) groups is 1. The van der Waals surface area contributed by atoms with Crippen LogP contribution in [0.4, 0.5) is 4.39 Å². The van der Waals surface area contributed by atoms with Crippen molar-refractivity contribution in [1.29, 1.82) is 0 Å². The van der Waals surface area contributed by atoms with Gasteiger partial charge in [0.05, 0.1) is 12.7 Å². The van der Waals surface area contributed by atoms with Crippen LogP contribution in [0.15, 0.2) is 59.2 Å². The maximum absolute atomic E-state index is 13.6. The second kappa shape index (κ2) is 5.81. The SMILES string of the molecule is COc1ccccc1C1=N/C(=C\c2ccccc2F)C(=O)O1. The first kappa shape index (κ1) is 14.0. The molecular formula is C17H12FNO3. The van der Waals surface area contributed by atoms with Gasteiger partial charge in [-0.3, -0.25) is 0 Å². The number of hydrogen-bond donors (Lipinski definition) is 0. The minimum absolute atomic E-state index is 0.0472. The number of esters is 1. The molecule has 22 heavy (non-hydrogen) atoms. The molecule has 5 heteroatoms. The number of methoxy groups -OCH3 is 1. The van der Waals surface area contributed by atoms with Gasteiger partial charge in [0.2, 0.25) is 5.90 Å². The fraction of sp³-hybridized carbons (Fsp3) is 0.0588. The lowest BCUT2D eigenvalue weighted by Crippen LogP contribution is -2.06. The summed E-state index contributed by atoms with van der Waals surface area (Å²) in [5, 5.41) is 0. The van der Waals surface area contributed by atoms with Gasteiger partial charge in [-0.25, -0.2) is 14.2 Å². The van der Waals surface area contributed by atoms with Crippen LogP contribution >= 0.6 is 0 Å². The van der Waals surface area contributed by atoms with E-state index < -0.39 is 11.8 Å². The summed E-state index contributed by atoms with van der Waals surface area (Å²) in [5.74, 6) is -0.362. The summed E-state index contributed by atoms with van der Waals surface area (Å²) in [6.07, 6.45) is 1.36. The van der Waals surface area contributed by atoms with Crippen molar-refractivity contribution >= 4 is 17.9 Å². The molecule has 2 aromatic rings. The highest BCUT2D eigenvalue weighted by molar-refractivity contribution is 6.13. The third kappa shape index (κ3) is 2.61. The van der Waals surface area contributed by atoms with Crippen molar-refractivity contribution < 1.29 is 18.7 Å². The van der Waals surface area contributed by atoms with E-state index in [9.17, 15) is 9.18 Å². The van der Waals surface area contributed by atoms with Crippen molar-refractivity contribution in [2.24, 2.45) is 4.99 Å². The zero-order valence-corrected chi connectivity index (χ0v) is 11.7. The summed E-state index contributed by atoms with van der Waals surface area (Å²) in [4.78, 5) is 16.0. The molecule has 1 aliphatic heterocycles. The number of rotatable bonds is 3. The first-order chi connectivity index (χ1) is 10.7. The molecule has 110 valence electrons. The van der Waals surface area contributed by atoms with E-state index >= 15 is 0 Å². The molecule has 0 atom stereocenters. The summed E-state index contributed by atoms with van der Waals surface area (Å²) in [6, 6.07) is 13.2. The molecule has 4 nitrogen and oxygen atoms in total. The number of cyclic esters (lactones) is 1. The van der Waals surface area contributed by atoms with Crippen LogP contribution in [0.5, 0.6) is 5.75 Å². The van der Waals surface area contributed by atoms with Crippen LogP contribution in [-0.2, 0) is 9.53 Å². The summed E-state index contributed by atoms with van der Waals surface area (Å²) in [6.45, 7) is 0. The highest BCUT2D eigenvalue weighted by Crippen LogP contribution is 2.25. The Balaban J connectivity index is 2.00. The van der Waals surface area contributed by atoms with Crippen molar-refractivity contribution in [3.63, 3.8) is 0 Å². The van der Waals surface area contributed by atoms with Gasteiger partial charge in [-0.2, -0.15) is 0 Å². The van der Waals surface area contributed by atoms with Crippen LogP contribution in [-0.4, -0.2) is 19.0 Å². The largest absolute Gasteiger partial charge is 0.496 e. The van der Waals surface area contributed by atoms with Crippen molar-refractivity contribution in [2.45, 2.75) is 0 Å². The Bertz CT molecular complexity index is 796. The Morgan fingerprint density at radius 2 is 1.86 bits per heavy atom. The average molecular weight is 297 g/mol. The van der Waals surface area contributed by atoms with E-state index in [1.165, 1.54) is 19.3 Å². The molecule has 3 rings (SSSR count). The molecule has 0 saturated carbocycles. The van der Waals surface area contributed by atoms with Crippen LogP contribution in [0, 0.1) is 5.82 Å². The Kier molecular flexibility index (Phi) is 3.70. The third-order valence-electron chi connectivity index (χ3n) is 3.16. The first-order valence-corrected chi connectivity index (χ1v) is 6.59. The van der Waals surface area contributed by atoms with E-state index in [4.69, 9.17) is 9.47 Å². The molecule has 0 aliphatic carbocycles. The molecule has 2 aromatic carbocycles. The van der Waals surface area contributed by atoms with Crippen LogP contribution in [0.2, 0.25) is 0 Å². The van der Waals surface area contributed by atoms with E-state index in [1.54, 1.807) is 42.5 Å². The zero-order valence-electron chi connectivity index (χ0n) is 11.7. The molecule has 0 radical (unpaired) electrons. The van der Waals surface area contributed by atoms with E-state index in [0.29, 0.717) is 11.3 Å². The molecule has 0 spiro atoms. The van der Waals surface area contributed by atoms with Gasteiger partial charge in [-0.05, 0) is 24.3 Å². The van der Waals surface area contributed by atoms with Crippen molar-refractivity contribution in [3.05, 3.63) is 71.2 Å². The Morgan fingerprint density at radius 3 is 2.64 bits per heavy atom. The van der Waals surface area contributed by atoms with Gasteiger partial charge in [0, 0.05) is 5.56 Å². The summed E-state index contributed by atoms with van der Waals surface area (Å²) in [5.41, 5.74) is 0.890. The fourth-order valence-electron chi connectivity index (χ4n) is 2.09. The Morgan fingerprint density at radius 1 is 1.14 bits per heavy atom. The van der Waals surface area contributed by atoms with E-state index in [0.717, 1.165) is 0 Å². The summed E-state index contributed by atoms with van der Waals surface area (Å²) >= 11 is 0. The van der Waals surface area contributed by atoms with Gasteiger partial charge >= 0.3 is 5.97 Å². The van der Waals surface area contributed by atoms with Crippen molar-refractivity contribution in [2.75, 3.05) is 7.11 Å². The topological polar surface area (TPSA) is 47.9 Å². The second-order valence-electron chi connectivity index (χ2n) is 4.56. The molecule has 0 amide bonds. The van der Waals surface area contributed by atoms with Crippen LogP contribution < -0.4 is 4.74 Å². The maximum Gasteiger partial charge on any atom is 0.363 e. The Hall–Kier alpha value is -2.95. The molecule has 1 aliphatic rings. The number of ether oxygens (including phenoxy) is 2. The number of para-hydroxylation sites is 1. The molecule has 0 unspecified atom stereocenters. The molecule has 0 bridgehead atoms. The van der Waals surface area contributed by atoms with Crippen LogP contribution in [0.1, 0.15) is 11.1 Å². The zero-order chi connectivity index (χ0) is 15.5. The Labute approximate surface area is 126 Å². The molecule has 0 N–H and O–H groups in total. The monoisotopic (exact) mass is 297 g/mol. The van der Waals surface area contributed by atoms with E-state index in [1.807, 2.05) is 0 Å². The minimum atomic E-state index is -0.621. The predicted octanol–water partition coefficient (Wildman–Crippen LogP) is 3.18. The number of hydrogen-bond acceptors (Lipinski definition) is 4. The fourth-order valence-corrected chi connectivity index (χ4v) is 2.09. The van der Waals surface area contributed by atoms with E-state index in [-0.39, 0.29) is 17.2 Å². The first-order valence-electron chi connectivity index (χ1n) is 6.59. The molecule has 0 saturated heterocycles. The lowest BCUT2D eigenvalue weighted by atomic mass is 10.2. The minimum Gasteiger partial charge on any atom is -0.496 e. The molecule has 0 aromatic heterocycles. The highest BCUT2D eigenvalue weighted by atomic mass is 19.1. The molecular weight excluding hydrogens is 285 g/mol. The second-order valence-corrected chi connectivity index (χ2v) is 4.56. The summed E-state index contributed by atoms with van der Waals surface area (Å²) in [7, 11) is 1.52.